The normalized spacial score (nSPS) is 16.4. The number of ether oxygens (including phenoxy) is 1. The lowest BCUT2D eigenvalue weighted by Crippen LogP contribution is -2.55. The number of ketones is 2. The summed E-state index contributed by atoms with van der Waals surface area (Å²) >= 11 is 0. The molecule has 3 N–H and O–H groups in total. The molecule has 58 heavy (non-hydrogen) atoms. The van der Waals surface area contributed by atoms with Crippen LogP contribution < -0.4 is 10.6 Å². The average Bonchev–Trinajstić information content (AvgIpc) is 3.64. The predicted octanol–water partition coefficient (Wildman–Crippen LogP) is 7.92. The van der Waals surface area contributed by atoms with Crippen molar-refractivity contribution in [2.75, 3.05) is 0 Å². The van der Waals surface area contributed by atoms with Gasteiger partial charge < -0.3 is 20.5 Å². The lowest BCUT2D eigenvalue weighted by atomic mass is 9.79. The molecule has 0 saturated heterocycles. The van der Waals surface area contributed by atoms with Gasteiger partial charge in [0.2, 0.25) is 11.8 Å². The summed E-state index contributed by atoms with van der Waals surface area (Å²) in [4.78, 5) is 73.7. The number of benzene rings is 2. The minimum absolute atomic E-state index is 0.0382. The maximum absolute atomic E-state index is 14.7. The molecule has 2 amide bonds. The van der Waals surface area contributed by atoms with Crippen LogP contribution in [0.4, 0.5) is 4.79 Å². The van der Waals surface area contributed by atoms with Gasteiger partial charge in [-0.15, -0.1) is 0 Å². The highest BCUT2D eigenvalue weighted by Crippen LogP contribution is 2.31. The topological polar surface area (TPSA) is 157 Å². The quantitative estimate of drug-likeness (QED) is 0.110. The zero-order chi connectivity index (χ0) is 42.6. The maximum Gasteiger partial charge on any atom is 0.420 e. The molecule has 1 saturated carbocycles. The van der Waals surface area contributed by atoms with Crippen LogP contribution in [-0.2, 0) is 32.0 Å². The predicted molar refractivity (Wildman–Crippen MR) is 225 cm³/mol. The van der Waals surface area contributed by atoms with Gasteiger partial charge in [-0.25, -0.2) is 14.3 Å². The first-order valence-corrected chi connectivity index (χ1v) is 21.0. The summed E-state index contributed by atoms with van der Waals surface area (Å²) in [5, 5.41) is 18.1. The maximum atomic E-state index is 14.7. The summed E-state index contributed by atoms with van der Waals surface area (Å²) in [7, 11) is 0. The second kappa shape index (κ2) is 20.9. The summed E-state index contributed by atoms with van der Waals surface area (Å²) in [6, 6.07) is 16.5. The van der Waals surface area contributed by atoms with Gasteiger partial charge in [-0.1, -0.05) is 127 Å². The molecular formula is C47H66N4O7. The molecule has 11 nitrogen and oxygen atoms in total. The van der Waals surface area contributed by atoms with E-state index in [9.17, 15) is 29.1 Å². The molecule has 1 fully saturated rings. The van der Waals surface area contributed by atoms with E-state index in [4.69, 9.17) is 4.74 Å². The molecule has 1 heterocycles. The fraction of sp³-hybridized carbons (Fsp3) is 0.574. The van der Waals surface area contributed by atoms with Crippen molar-refractivity contribution in [1.29, 1.82) is 0 Å². The van der Waals surface area contributed by atoms with Crippen molar-refractivity contribution in [2.24, 2.45) is 29.1 Å². The Labute approximate surface area is 345 Å². The molecule has 0 aliphatic heterocycles. The summed E-state index contributed by atoms with van der Waals surface area (Å²) in [5.74, 6) is -2.30. The molecule has 0 spiro atoms. The minimum atomic E-state index is -1.22. The van der Waals surface area contributed by atoms with Gasteiger partial charge in [-0.05, 0) is 57.4 Å². The molecule has 1 aromatic heterocycles. The largest absolute Gasteiger partial charge is 0.443 e. The lowest BCUT2D eigenvalue weighted by molar-refractivity contribution is -0.135. The number of amides is 2. The molecular weight excluding hydrogens is 733 g/mol. The smallest absolute Gasteiger partial charge is 0.420 e. The average molecular weight is 799 g/mol. The van der Waals surface area contributed by atoms with E-state index < -0.39 is 58.9 Å². The number of Topliss-reactive ketones (excluding diaryl/α,β-unsaturated/α-hetero) is 2. The van der Waals surface area contributed by atoms with Crippen LogP contribution in [0.3, 0.4) is 0 Å². The Kier molecular flexibility index (Phi) is 16.6. The number of aliphatic hydroxyl groups excluding tert-OH is 1. The third-order valence-corrected chi connectivity index (χ3v) is 11.1. The number of aromatic nitrogens is 2. The van der Waals surface area contributed by atoms with Crippen molar-refractivity contribution in [3.05, 3.63) is 90.0 Å². The fourth-order valence-corrected chi connectivity index (χ4v) is 7.64. The zero-order valence-corrected chi connectivity index (χ0v) is 35.8. The van der Waals surface area contributed by atoms with E-state index in [0.717, 1.165) is 37.7 Å². The number of hydrogen-bond donors (Lipinski definition) is 3. The van der Waals surface area contributed by atoms with Crippen LogP contribution >= 0.6 is 0 Å². The first-order valence-electron chi connectivity index (χ1n) is 21.0. The monoisotopic (exact) mass is 798 g/mol. The van der Waals surface area contributed by atoms with Gasteiger partial charge in [0.1, 0.15) is 23.8 Å². The van der Waals surface area contributed by atoms with Gasteiger partial charge >= 0.3 is 6.09 Å². The Morgan fingerprint density at radius 3 is 2.05 bits per heavy atom. The van der Waals surface area contributed by atoms with Crippen molar-refractivity contribution < 1.29 is 33.8 Å². The van der Waals surface area contributed by atoms with Gasteiger partial charge in [0.25, 0.3) is 0 Å². The van der Waals surface area contributed by atoms with E-state index in [-0.39, 0.29) is 49.1 Å². The molecule has 2 aromatic carbocycles. The van der Waals surface area contributed by atoms with Crippen LogP contribution in [0.15, 0.2) is 73.2 Å². The summed E-state index contributed by atoms with van der Waals surface area (Å²) in [6.07, 6.45) is 6.96. The zero-order valence-electron chi connectivity index (χ0n) is 35.8. The van der Waals surface area contributed by atoms with E-state index in [2.05, 4.69) is 15.6 Å². The molecule has 1 aliphatic carbocycles. The lowest BCUT2D eigenvalue weighted by Gasteiger charge is -2.33. The summed E-state index contributed by atoms with van der Waals surface area (Å²) in [5.41, 5.74) is 0.281. The Morgan fingerprint density at radius 1 is 0.845 bits per heavy atom. The van der Waals surface area contributed by atoms with E-state index in [1.54, 1.807) is 32.9 Å². The van der Waals surface area contributed by atoms with Gasteiger partial charge in [-0.2, -0.15) is 0 Å². The van der Waals surface area contributed by atoms with E-state index >= 15 is 0 Å². The molecule has 0 radical (unpaired) electrons. The molecule has 11 heteroatoms. The van der Waals surface area contributed by atoms with Gasteiger partial charge in [0.05, 0.1) is 17.8 Å². The van der Waals surface area contributed by atoms with Crippen LogP contribution in [0, 0.1) is 29.1 Å². The van der Waals surface area contributed by atoms with Crippen LogP contribution in [0.25, 0.3) is 0 Å². The second-order valence-corrected chi connectivity index (χ2v) is 18.5. The van der Waals surface area contributed by atoms with Crippen molar-refractivity contribution >= 4 is 29.5 Å². The van der Waals surface area contributed by atoms with Crippen molar-refractivity contribution in [3.8, 4) is 0 Å². The Bertz CT molecular complexity index is 1800. The molecule has 5 atom stereocenters. The molecule has 0 bridgehead atoms. The number of hydrogen-bond acceptors (Lipinski definition) is 8. The van der Waals surface area contributed by atoms with E-state index in [1.807, 2.05) is 83.1 Å². The number of carbonyl (C=O) groups excluding carboxylic acids is 5. The number of imidazole rings is 1. The third-order valence-electron chi connectivity index (χ3n) is 11.1. The highest BCUT2D eigenvalue weighted by Gasteiger charge is 2.36. The van der Waals surface area contributed by atoms with Crippen molar-refractivity contribution in [2.45, 2.75) is 143 Å². The third kappa shape index (κ3) is 14.0. The highest BCUT2D eigenvalue weighted by atomic mass is 16.6. The Hall–Kier alpha value is -4.64. The fourth-order valence-electron chi connectivity index (χ4n) is 7.64. The highest BCUT2D eigenvalue weighted by molar-refractivity contribution is 5.98. The molecule has 0 unspecified atom stereocenters. The first kappa shape index (κ1) is 46.1. The Balaban J connectivity index is 1.68. The van der Waals surface area contributed by atoms with Gasteiger partial charge in [0.15, 0.2) is 5.78 Å². The number of nitrogens with zero attached hydrogens (tertiary/aromatic N) is 2. The second-order valence-electron chi connectivity index (χ2n) is 18.5. The van der Waals surface area contributed by atoms with Gasteiger partial charge in [0, 0.05) is 41.9 Å². The Morgan fingerprint density at radius 2 is 1.47 bits per heavy atom. The van der Waals surface area contributed by atoms with Crippen LogP contribution in [0.1, 0.15) is 128 Å². The van der Waals surface area contributed by atoms with Crippen LogP contribution in [-0.4, -0.2) is 67.9 Å². The summed E-state index contributed by atoms with van der Waals surface area (Å²) < 4.78 is 6.83. The number of nitrogens with one attached hydrogen (secondary N) is 2. The van der Waals surface area contributed by atoms with E-state index in [0.29, 0.717) is 17.7 Å². The molecule has 3 aromatic rings. The SMILES string of the molecule is CC(C)[C@H](C[C@H](O)[C@H](CC1CCCCC1)NC(=O)[C@H](Cc1cncn1C(=O)OC(C)(C)C)NC(=O)[C@@H](CC(=O)C(C)(C)C)Cc1ccccc1)C(=O)c1ccccc1. The van der Waals surface area contributed by atoms with Crippen LogP contribution in [0.5, 0.6) is 0 Å². The standard InChI is InChI=1S/C47H66N4O7/c1-31(2)37(42(54)34-22-16-11-17-23-34)28-40(52)38(25-33-20-14-10-15-21-33)49-44(56)39(27-36-29-48-30-51(36)45(57)58-47(6,7)8)50-43(55)35(26-41(53)46(3,4)5)24-32-18-12-9-13-19-32/h9,11-13,16-19,22-23,29-31,33,35,37-40,52H,10,14-15,20-21,24-28H2,1-8H3,(H,49,56)(H,50,55)/t35-,37+,38+,39+,40+/m1/s1. The van der Waals surface area contributed by atoms with Gasteiger partial charge in [-0.3, -0.25) is 19.2 Å². The van der Waals surface area contributed by atoms with E-state index in [1.165, 1.54) is 17.1 Å². The first-order chi connectivity index (χ1) is 27.3. The summed E-state index contributed by atoms with van der Waals surface area (Å²) in [6.45, 7) is 14.6. The number of rotatable bonds is 18. The number of carbonyl (C=O) groups is 5. The molecule has 1 aliphatic rings. The molecule has 4 rings (SSSR count). The van der Waals surface area contributed by atoms with Crippen molar-refractivity contribution in [1.82, 2.24) is 20.2 Å². The van der Waals surface area contributed by atoms with Crippen molar-refractivity contribution in [3.63, 3.8) is 0 Å². The molecule has 316 valence electrons. The van der Waals surface area contributed by atoms with Crippen LogP contribution in [0.2, 0.25) is 0 Å². The minimum Gasteiger partial charge on any atom is -0.443 e. The number of aliphatic hydroxyl groups is 1.